The smallest absolute Gasteiger partial charge is 0.410 e. The van der Waals surface area contributed by atoms with E-state index in [-0.39, 0.29) is 24.6 Å². The van der Waals surface area contributed by atoms with Crippen molar-refractivity contribution in [3.63, 3.8) is 0 Å². The van der Waals surface area contributed by atoms with Crippen molar-refractivity contribution in [3.8, 4) is 0 Å². The lowest BCUT2D eigenvalue weighted by Crippen LogP contribution is -2.61. The normalized spacial score (nSPS) is 15.0. The van der Waals surface area contributed by atoms with E-state index in [2.05, 4.69) is 11.9 Å². The number of halogens is 1. The van der Waals surface area contributed by atoms with Gasteiger partial charge in [-0.1, -0.05) is 24.8 Å². The molecule has 8 heteroatoms. The van der Waals surface area contributed by atoms with Gasteiger partial charge in [0.1, 0.15) is 12.4 Å². The zero-order chi connectivity index (χ0) is 20.7. The van der Waals surface area contributed by atoms with Crippen molar-refractivity contribution in [2.24, 2.45) is 0 Å². The first-order chi connectivity index (χ1) is 13.3. The Morgan fingerprint density at radius 1 is 1.21 bits per heavy atom. The number of piperazine rings is 1. The highest BCUT2D eigenvalue weighted by Crippen LogP contribution is 2.18. The number of rotatable bonds is 7. The predicted molar refractivity (Wildman–Crippen MR) is 103 cm³/mol. The number of ether oxygens (including phenoxy) is 1. The van der Waals surface area contributed by atoms with Crippen LogP contribution in [0.5, 0.6) is 0 Å². The number of amides is 2. The van der Waals surface area contributed by atoms with Crippen LogP contribution in [0.4, 0.5) is 9.18 Å². The van der Waals surface area contributed by atoms with Crippen LogP contribution in [-0.2, 0) is 9.53 Å². The minimum absolute atomic E-state index is 0.0488. The van der Waals surface area contributed by atoms with Gasteiger partial charge in [-0.25, -0.2) is 9.18 Å². The van der Waals surface area contributed by atoms with Gasteiger partial charge in [0.25, 0.3) is 0 Å². The maximum Gasteiger partial charge on any atom is 0.410 e. The topological polar surface area (TPSA) is 79.0 Å². The first-order valence-corrected chi connectivity index (χ1v) is 9.11. The van der Waals surface area contributed by atoms with E-state index in [0.717, 1.165) is 0 Å². The van der Waals surface area contributed by atoms with Gasteiger partial charge in [-0.15, -0.1) is 0 Å². The second-order valence-electron chi connectivity index (χ2n) is 6.98. The fourth-order valence-corrected chi connectivity index (χ4v) is 2.97. The maximum atomic E-state index is 13.7. The van der Waals surface area contributed by atoms with Gasteiger partial charge in [-0.3, -0.25) is 14.5 Å². The van der Waals surface area contributed by atoms with Crippen molar-refractivity contribution < 1.29 is 23.5 Å². The van der Waals surface area contributed by atoms with E-state index in [1.807, 2.05) is 4.90 Å². The summed E-state index contributed by atoms with van der Waals surface area (Å²) in [5.74, 6) is -1.43. The lowest BCUT2D eigenvalue weighted by molar-refractivity contribution is -0.132. The molecule has 2 amide bonds. The average Bonchev–Trinajstić information content (AvgIpc) is 2.70. The van der Waals surface area contributed by atoms with Crippen LogP contribution in [-0.4, -0.2) is 72.5 Å². The zero-order valence-corrected chi connectivity index (χ0v) is 16.2. The van der Waals surface area contributed by atoms with Crippen LogP contribution in [0.3, 0.4) is 0 Å². The molecule has 1 aliphatic rings. The average molecular weight is 391 g/mol. The molecule has 0 spiro atoms. The summed E-state index contributed by atoms with van der Waals surface area (Å²) < 4.78 is 18.7. The highest BCUT2D eigenvalue weighted by atomic mass is 19.1. The lowest BCUT2D eigenvalue weighted by atomic mass is 10.00. The Morgan fingerprint density at radius 2 is 1.86 bits per heavy atom. The number of carbonyl (C=O) groups excluding carboxylic acids is 3. The molecule has 1 saturated heterocycles. The second kappa shape index (κ2) is 9.45. The van der Waals surface area contributed by atoms with Crippen molar-refractivity contribution in [2.45, 2.75) is 19.4 Å². The van der Waals surface area contributed by atoms with Gasteiger partial charge in [0, 0.05) is 26.2 Å². The molecule has 28 heavy (non-hydrogen) atoms. The number of Topliss-reactive ketones (excluding diaryl/α,β-unsaturated/α-hetero) is 1. The number of nitrogens with one attached hydrogen (secondary N) is 1. The third-order valence-electron chi connectivity index (χ3n) is 4.79. The number of hydrogen-bond acceptors (Lipinski definition) is 5. The van der Waals surface area contributed by atoms with Crippen LogP contribution in [0.15, 0.2) is 36.9 Å². The van der Waals surface area contributed by atoms with Crippen molar-refractivity contribution in [3.05, 3.63) is 48.3 Å². The molecule has 0 unspecified atom stereocenters. The minimum Gasteiger partial charge on any atom is -0.445 e. The molecule has 0 aliphatic carbocycles. The van der Waals surface area contributed by atoms with Crippen LogP contribution in [0, 0.1) is 5.82 Å². The molecule has 1 aliphatic heterocycles. The van der Waals surface area contributed by atoms with Crippen molar-refractivity contribution in [1.82, 2.24) is 15.1 Å². The van der Waals surface area contributed by atoms with Crippen LogP contribution >= 0.6 is 0 Å². The molecule has 1 fully saturated rings. The summed E-state index contributed by atoms with van der Waals surface area (Å²) in [6.45, 7) is 8.73. The third kappa shape index (κ3) is 5.16. The Morgan fingerprint density at radius 3 is 2.46 bits per heavy atom. The molecule has 0 radical (unpaired) electrons. The molecule has 2 rings (SSSR count). The van der Waals surface area contributed by atoms with E-state index < -0.39 is 23.2 Å². The molecular formula is C20H26FN3O4. The van der Waals surface area contributed by atoms with Gasteiger partial charge < -0.3 is 15.0 Å². The van der Waals surface area contributed by atoms with E-state index in [0.29, 0.717) is 26.2 Å². The van der Waals surface area contributed by atoms with Gasteiger partial charge >= 0.3 is 6.09 Å². The fraction of sp³-hybridized carbons (Fsp3) is 0.450. The molecule has 7 nitrogen and oxygen atoms in total. The number of hydrogen-bond donors (Lipinski definition) is 1. The van der Waals surface area contributed by atoms with Gasteiger partial charge in [0.05, 0.1) is 17.6 Å². The fourth-order valence-electron chi connectivity index (χ4n) is 2.97. The Bertz CT molecular complexity index is 743. The summed E-state index contributed by atoms with van der Waals surface area (Å²) >= 11 is 0. The second-order valence-corrected chi connectivity index (χ2v) is 6.98. The summed E-state index contributed by atoms with van der Waals surface area (Å²) in [5, 5.41) is 2.59. The van der Waals surface area contributed by atoms with E-state index >= 15 is 0 Å². The molecule has 1 aromatic rings. The molecule has 152 valence electrons. The summed E-state index contributed by atoms with van der Waals surface area (Å²) in [7, 11) is 0. The number of benzene rings is 1. The van der Waals surface area contributed by atoms with E-state index in [4.69, 9.17) is 4.74 Å². The third-order valence-corrected chi connectivity index (χ3v) is 4.79. The van der Waals surface area contributed by atoms with Crippen molar-refractivity contribution >= 4 is 17.8 Å². The highest BCUT2D eigenvalue weighted by molar-refractivity contribution is 6.00. The molecule has 0 aromatic heterocycles. The largest absolute Gasteiger partial charge is 0.445 e. The summed E-state index contributed by atoms with van der Waals surface area (Å²) in [6.07, 6.45) is 1.10. The quantitative estimate of drug-likeness (QED) is 0.567. The number of nitrogens with zero attached hydrogens (tertiary/aromatic N) is 2. The first kappa shape index (κ1) is 21.6. The summed E-state index contributed by atoms with van der Waals surface area (Å²) in [5.41, 5.74) is -0.931. The van der Waals surface area contributed by atoms with Crippen LogP contribution < -0.4 is 5.32 Å². The SMILES string of the molecule is C=CCOC(=O)N1CCN(C(C)(C)C(=O)NCC(=O)c2ccccc2F)CC1. The van der Waals surface area contributed by atoms with Crippen LogP contribution in [0.1, 0.15) is 24.2 Å². The van der Waals surface area contributed by atoms with Crippen LogP contribution in [0.25, 0.3) is 0 Å². The molecule has 1 aromatic carbocycles. The number of ketones is 1. The Labute approximate surface area is 164 Å². The lowest BCUT2D eigenvalue weighted by Gasteiger charge is -2.42. The highest BCUT2D eigenvalue weighted by Gasteiger charge is 2.37. The van der Waals surface area contributed by atoms with E-state index in [9.17, 15) is 18.8 Å². The van der Waals surface area contributed by atoms with Gasteiger partial charge in [-0.05, 0) is 26.0 Å². The standard InChI is InChI=1S/C20H26FN3O4/c1-4-13-28-19(27)23-9-11-24(12-10-23)20(2,3)18(26)22-14-17(25)15-7-5-6-8-16(15)21/h4-8H,1,9-14H2,2-3H3,(H,22,26). The van der Waals surface area contributed by atoms with Crippen LogP contribution in [0.2, 0.25) is 0 Å². The summed E-state index contributed by atoms with van der Waals surface area (Å²) in [4.78, 5) is 40.2. The monoisotopic (exact) mass is 391 g/mol. The van der Waals surface area contributed by atoms with E-state index in [1.54, 1.807) is 24.8 Å². The maximum absolute atomic E-state index is 13.7. The Balaban J connectivity index is 1.87. The predicted octanol–water partition coefficient (Wildman–Crippen LogP) is 1.84. The molecule has 0 bridgehead atoms. The Kier molecular flexibility index (Phi) is 7.28. The zero-order valence-electron chi connectivity index (χ0n) is 16.2. The Hall–Kier alpha value is -2.74. The molecule has 1 heterocycles. The number of carbonyl (C=O) groups is 3. The summed E-state index contributed by atoms with van der Waals surface area (Å²) in [6, 6.07) is 5.67. The molecule has 0 saturated carbocycles. The van der Waals surface area contributed by atoms with Gasteiger partial charge in [0.15, 0.2) is 5.78 Å². The van der Waals surface area contributed by atoms with Crippen molar-refractivity contribution in [1.29, 1.82) is 0 Å². The van der Waals surface area contributed by atoms with Gasteiger partial charge in [0.2, 0.25) is 5.91 Å². The van der Waals surface area contributed by atoms with E-state index in [1.165, 1.54) is 24.3 Å². The first-order valence-electron chi connectivity index (χ1n) is 9.11. The van der Waals surface area contributed by atoms with Gasteiger partial charge in [-0.2, -0.15) is 0 Å². The molecule has 0 atom stereocenters. The molecular weight excluding hydrogens is 365 g/mol. The van der Waals surface area contributed by atoms with Crippen molar-refractivity contribution in [2.75, 3.05) is 39.3 Å². The minimum atomic E-state index is -0.882. The molecule has 1 N–H and O–H groups in total.